The molecule has 0 saturated carbocycles. The molecular weight excluding hydrogens is 230 g/mol. The number of carbonyl (C=O) groups is 1. The van der Waals surface area contributed by atoms with Crippen molar-refractivity contribution in [3.05, 3.63) is 23.7 Å². The molecule has 0 aromatic carbocycles. The molecule has 0 bridgehead atoms. The fourth-order valence-electron chi connectivity index (χ4n) is 1.61. The summed E-state index contributed by atoms with van der Waals surface area (Å²) in [5.74, 6) is 1.63. The number of hydrogen-bond acceptors (Lipinski definition) is 3. The summed E-state index contributed by atoms with van der Waals surface area (Å²) in [6.07, 6.45) is 8.45. The Labute approximate surface area is 110 Å². The van der Waals surface area contributed by atoms with Gasteiger partial charge < -0.3 is 14.8 Å². The molecule has 18 heavy (non-hydrogen) atoms. The van der Waals surface area contributed by atoms with Crippen molar-refractivity contribution >= 4 is 5.91 Å². The quantitative estimate of drug-likeness (QED) is 0.391. The summed E-state index contributed by atoms with van der Waals surface area (Å²) in [5.41, 5.74) is 0. The number of ether oxygens (including phenoxy) is 2. The van der Waals surface area contributed by atoms with Crippen molar-refractivity contribution in [3.8, 4) is 0 Å². The summed E-state index contributed by atoms with van der Waals surface area (Å²) in [5, 5.41) is 2.62. The van der Waals surface area contributed by atoms with Crippen LogP contribution in [0.3, 0.4) is 0 Å². The first-order valence-electron chi connectivity index (χ1n) is 6.35. The van der Waals surface area contributed by atoms with Crippen LogP contribution >= 0.6 is 0 Å². The zero-order valence-electron chi connectivity index (χ0n) is 11.9. The number of hydrogen-bond donors (Lipinski definition) is 1. The van der Waals surface area contributed by atoms with Crippen molar-refractivity contribution in [1.29, 1.82) is 0 Å². The minimum absolute atomic E-state index is 0.110. The van der Waals surface area contributed by atoms with Crippen LogP contribution in [0.2, 0.25) is 0 Å². The van der Waals surface area contributed by atoms with Crippen LogP contribution in [0.4, 0.5) is 0 Å². The summed E-state index contributed by atoms with van der Waals surface area (Å²) in [4.78, 5) is 11.0. The molecule has 0 aromatic heterocycles. The molecule has 0 aliphatic heterocycles. The van der Waals surface area contributed by atoms with Crippen LogP contribution in [0, 0.1) is 0 Å². The minimum Gasteiger partial charge on any atom is -0.493 e. The fourth-order valence-corrected chi connectivity index (χ4v) is 1.61. The van der Waals surface area contributed by atoms with E-state index in [0.29, 0.717) is 6.42 Å². The van der Waals surface area contributed by atoms with Gasteiger partial charge in [-0.15, -0.1) is 0 Å². The lowest BCUT2D eigenvalue weighted by molar-refractivity contribution is -0.120. The minimum atomic E-state index is 0.110. The van der Waals surface area contributed by atoms with Crippen molar-refractivity contribution < 1.29 is 14.3 Å². The number of amides is 1. The zero-order chi connectivity index (χ0) is 13.8. The van der Waals surface area contributed by atoms with Crippen molar-refractivity contribution in [2.45, 2.75) is 39.0 Å². The SMILES string of the molecule is C/C=C(OC)\C(=C/CCCCCC(=O)NC)OC. The molecule has 0 heterocycles. The number of nitrogens with one attached hydrogen (secondary N) is 1. The van der Waals surface area contributed by atoms with Crippen molar-refractivity contribution in [2.75, 3.05) is 21.3 Å². The number of rotatable bonds is 9. The van der Waals surface area contributed by atoms with E-state index in [1.165, 1.54) is 0 Å². The lowest BCUT2D eigenvalue weighted by Gasteiger charge is -2.09. The Balaban J connectivity index is 3.88. The van der Waals surface area contributed by atoms with E-state index in [1.54, 1.807) is 21.3 Å². The first-order chi connectivity index (χ1) is 8.69. The highest BCUT2D eigenvalue weighted by Crippen LogP contribution is 2.14. The average molecular weight is 255 g/mol. The van der Waals surface area contributed by atoms with Crippen molar-refractivity contribution in [3.63, 3.8) is 0 Å². The first kappa shape index (κ1) is 16.6. The number of carbonyl (C=O) groups excluding carboxylic acids is 1. The largest absolute Gasteiger partial charge is 0.493 e. The van der Waals surface area contributed by atoms with E-state index in [4.69, 9.17) is 9.47 Å². The zero-order valence-corrected chi connectivity index (χ0v) is 11.9. The third-order valence-corrected chi connectivity index (χ3v) is 2.66. The van der Waals surface area contributed by atoms with E-state index in [9.17, 15) is 4.79 Å². The molecular formula is C14H25NO3. The number of allylic oxidation sites excluding steroid dienone is 2. The van der Waals surface area contributed by atoms with Crippen LogP contribution in [0.25, 0.3) is 0 Å². The third-order valence-electron chi connectivity index (χ3n) is 2.66. The van der Waals surface area contributed by atoms with Crippen LogP contribution in [0.1, 0.15) is 39.0 Å². The number of unbranched alkanes of at least 4 members (excludes halogenated alkanes) is 3. The monoisotopic (exact) mass is 255 g/mol. The van der Waals surface area contributed by atoms with Crippen LogP contribution in [-0.4, -0.2) is 27.2 Å². The van der Waals surface area contributed by atoms with Gasteiger partial charge in [0.25, 0.3) is 0 Å². The summed E-state index contributed by atoms with van der Waals surface area (Å²) in [6, 6.07) is 0. The molecule has 0 rings (SSSR count). The van der Waals surface area contributed by atoms with Gasteiger partial charge in [-0.3, -0.25) is 4.79 Å². The predicted molar refractivity (Wildman–Crippen MR) is 73.0 cm³/mol. The number of methoxy groups -OCH3 is 2. The van der Waals surface area contributed by atoms with Crippen LogP contribution in [0.15, 0.2) is 23.7 Å². The van der Waals surface area contributed by atoms with Gasteiger partial charge in [0.15, 0.2) is 11.5 Å². The Hall–Kier alpha value is -1.45. The Kier molecular flexibility index (Phi) is 9.83. The molecule has 0 saturated heterocycles. The van der Waals surface area contributed by atoms with Gasteiger partial charge in [-0.25, -0.2) is 0 Å². The van der Waals surface area contributed by atoms with Gasteiger partial charge in [-0.05, 0) is 38.3 Å². The summed E-state index contributed by atoms with van der Waals surface area (Å²) in [7, 11) is 4.94. The molecule has 0 aliphatic rings. The summed E-state index contributed by atoms with van der Waals surface area (Å²) in [6.45, 7) is 1.91. The normalized spacial score (nSPS) is 12.2. The van der Waals surface area contributed by atoms with E-state index in [-0.39, 0.29) is 5.91 Å². The van der Waals surface area contributed by atoms with E-state index in [0.717, 1.165) is 37.2 Å². The van der Waals surface area contributed by atoms with Gasteiger partial charge >= 0.3 is 0 Å². The van der Waals surface area contributed by atoms with Gasteiger partial charge in [-0.1, -0.05) is 6.42 Å². The maximum absolute atomic E-state index is 11.0. The van der Waals surface area contributed by atoms with Gasteiger partial charge in [0.1, 0.15) is 0 Å². The van der Waals surface area contributed by atoms with E-state index in [2.05, 4.69) is 5.32 Å². The third kappa shape index (κ3) is 6.99. The lowest BCUT2D eigenvalue weighted by atomic mass is 10.1. The molecule has 0 atom stereocenters. The standard InChI is InChI=1S/C14H25NO3/c1-5-12(17-3)13(18-4)10-8-6-7-9-11-14(16)15-2/h5,10H,6-9,11H2,1-4H3,(H,15,16)/b12-5+,13-10+. The molecule has 0 aromatic rings. The summed E-state index contributed by atoms with van der Waals surface area (Å²) < 4.78 is 10.5. The molecule has 4 nitrogen and oxygen atoms in total. The smallest absolute Gasteiger partial charge is 0.219 e. The first-order valence-corrected chi connectivity index (χ1v) is 6.35. The molecule has 0 spiro atoms. The molecule has 1 N–H and O–H groups in total. The van der Waals surface area contributed by atoms with Crippen molar-refractivity contribution in [2.24, 2.45) is 0 Å². The highest BCUT2D eigenvalue weighted by molar-refractivity contribution is 5.75. The molecule has 0 fully saturated rings. The second kappa shape index (κ2) is 10.7. The highest BCUT2D eigenvalue weighted by Gasteiger charge is 2.03. The van der Waals surface area contributed by atoms with Gasteiger partial charge in [0.05, 0.1) is 14.2 Å². The second-order valence-electron chi connectivity index (χ2n) is 3.90. The Morgan fingerprint density at radius 3 is 2.28 bits per heavy atom. The Morgan fingerprint density at radius 2 is 1.78 bits per heavy atom. The Bertz CT molecular complexity index is 295. The molecule has 0 unspecified atom stereocenters. The molecule has 1 amide bonds. The molecule has 4 heteroatoms. The molecule has 104 valence electrons. The summed E-state index contributed by atoms with van der Waals surface area (Å²) >= 11 is 0. The molecule has 0 aliphatic carbocycles. The topological polar surface area (TPSA) is 47.6 Å². The second-order valence-corrected chi connectivity index (χ2v) is 3.90. The van der Waals surface area contributed by atoms with E-state index < -0.39 is 0 Å². The van der Waals surface area contributed by atoms with Crippen LogP contribution in [-0.2, 0) is 14.3 Å². The van der Waals surface area contributed by atoms with Crippen molar-refractivity contribution in [1.82, 2.24) is 5.32 Å². The molecule has 0 radical (unpaired) electrons. The predicted octanol–water partition coefficient (Wildman–Crippen LogP) is 2.76. The average Bonchev–Trinajstić information content (AvgIpc) is 2.41. The maximum atomic E-state index is 11.0. The lowest BCUT2D eigenvalue weighted by Crippen LogP contribution is -2.16. The highest BCUT2D eigenvalue weighted by atomic mass is 16.5. The van der Waals surface area contributed by atoms with Gasteiger partial charge in [-0.2, -0.15) is 0 Å². The maximum Gasteiger partial charge on any atom is 0.219 e. The van der Waals surface area contributed by atoms with Crippen LogP contribution < -0.4 is 5.32 Å². The van der Waals surface area contributed by atoms with E-state index >= 15 is 0 Å². The fraction of sp³-hybridized carbons (Fsp3) is 0.643. The van der Waals surface area contributed by atoms with Crippen LogP contribution in [0.5, 0.6) is 0 Å². The Morgan fingerprint density at radius 1 is 1.11 bits per heavy atom. The van der Waals surface area contributed by atoms with E-state index in [1.807, 2.05) is 19.1 Å². The van der Waals surface area contributed by atoms with Gasteiger partial charge in [0, 0.05) is 13.5 Å². The van der Waals surface area contributed by atoms with Gasteiger partial charge in [0.2, 0.25) is 5.91 Å².